The van der Waals surface area contributed by atoms with Crippen LogP contribution in [0.25, 0.3) is 0 Å². The van der Waals surface area contributed by atoms with Crippen LogP contribution in [-0.2, 0) is 0 Å². The molecule has 1 saturated carbocycles. The fraction of sp³-hybridized carbons (Fsp3) is 0.917. The van der Waals surface area contributed by atoms with Crippen molar-refractivity contribution in [3.05, 3.63) is 0 Å². The standard InChI is InChI=1S/C12H24N2O/c1-9(2)6-10-7-11(8-10)14(5)12(15)13(3)4/h9-11H,6-8H2,1-5H3. The van der Waals surface area contributed by atoms with Crippen LogP contribution in [0.2, 0.25) is 0 Å². The Morgan fingerprint density at radius 2 is 1.80 bits per heavy atom. The lowest BCUT2D eigenvalue weighted by Gasteiger charge is -2.42. The third kappa shape index (κ3) is 3.11. The van der Waals surface area contributed by atoms with E-state index < -0.39 is 0 Å². The highest BCUT2D eigenvalue weighted by molar-refractivity contribution is 5.73. The lowest BCUT2D eigenvalue weighted by molar-refractivity contribution is 0.0923. The Morgan fingerprint density at radius 1 is 1.27 bits per heavy atom. The summed E-state index contributed by atoms with van der Waals surface area (Å²) in [6, 6.07) is 0.603. The van der Waals surface area contributed by atoms with Gasteiger partial charge in [0.05, 0.1) is 0 Å². The molecule has 0 atom stereocenters. The van der Waals surface area contributed by atoms with Crippen LogP contribution in [0.15, 0.2) is 0 Å². The first-order valence-electron chi connectivity index (χ1n) is 5.86. The lowest BCUT2D eigenvalue weighted by atomic mass is 9.75. The van der Waals surface area contributed by atoms with E-state index in [9.17, 15) is 4.79 Å². The second kappa shape index (κ2) is 4.86. The Kier molecular flexibility index (Phi) is 4.00. The van der Waals surface area contributed by atoms with Gasteiger partial charge in [-0.3, -0.25) is 0 Å². The predicted octanol–water partition coefficient (Wildman–Crippen LogP) is 2.42. The van der Waals surface area contributed by atoms with Crippen LogP contribution < -0.4 is 0 Å². The Hall–Kier alpha value is -0.730. The van der Waals surface area contributed by atoms with Crippen LogP contribution >= 0.6 is 0 Å². The molecule has 1 aliphatic rings. The van der Waals surface area contributed by atoms with Crippen molar-refractivity contribution in [1.82, 2.24) is 9.80 Å². The van der Waals surface area contributed by atoms with Gasteiger partial charge in [-0.05, 0) is 31.1 Å². The Balaban J connectivity index is 2.29. The molecule has 0 spiro atoms. The van der Waals surface area contributed by atoms with Gasteiger partial charge in [0.1, 0.15) is 0 Å². The molecule has 0 aromatic carbocycles. The van der Waals surface area contributed by atoms with Crippen molar-refractivity contribution in [2.45, 2.75) is 39.2 Å². The van der Waals surface area contributed by atoms with Gasteiger partial charge >= 0.3 is 6.03 Å². The van der Waals surface area contributed by atoms with Gasteiger partial charge in [0.2, 0.25) is 0 Å². The van der Waals surface area contributed by atoms with Crippen LogP contribution in [0.4, 0.5) is 4.79 Å². The van der Waals surface area contributed by atoms with E-state index in [4.69, 9.17) is 0 Å². The molecule has 15 heavy (non-hydrogen) atoms. The van der Waals surface area contributed by atoms with Crippen molar-refractivity contribution in [3.8, 4) is 0 Å². The molecule has 0 aliphatic heterocycles. The highest BCUT2D eigenvalue weighted by Crippen LogP contribution is 2.35. The van der Waals surface area contributed by atoms with Crippen LogP contribution in [0, 0.1) is 11.8 Å². The topological polar surface area (TPSA) is 23.6 Å². The van der Waals surface area contributed by atoms with E-state index in [1.54, 1.807) is 4.90 Å². The molecule has 1 aliphatic carbocycles. The SMILES string of the molecule is CC(C)CC1CC(N(C)C(=O)N(C)C)C1. The number of nitrogens with zero attached hydrogens (tertiary/aromatic N) is 2. The fourth-order valence-corrected chi connectivity index (χ4v) is 2.35. The maximum absolute atomic E-state index is 11.7. The summed E-state index contributed by atoms with van der Waals surface area (Å²) >= 11 is 0. The summed E-state index contributed by atoms with van der Waals surface area (Å²) < 4.78 is 0. The Bertz CT molecular complexity index is 220. The average Bonchev–Trinajstić information content (AvgIpc) is 2.07. The molecule has 3 nitrogen and oxygen atoms in total. The molecular formula is C12H24N2O. The van der Waals surface area contributed by atoms with Crippen molar-refractivity contribution >= 4 is 6.03 Å². The third-order valence-corrected chi connectivity index (χ3v) is 3.25. The summed E-state index contributed by atoms with van der Waals surface area (Å²) in [5, 5.41) is 0. The summed E-state index contributed by atoms with van der Waals surface area (Å²) in [6.07, 6.45) is 3.68. The molecule has 0 unspecified atom stereocenters. The zero-order valence-corrected chi connectivity index (χ0v) is 10.7. The van der Waals surface area contributed by atoms with E-state index in [-0.39, 0.29) is 6.03 Å². The smallest absolute Gasteiger partial charge is 0.319 e. The monoisotopic (exact) mass is 212 g/mol. The summed E-state index contributed by atoms with van der Waals surface area (Å²) in [6.45, 7) is 4.53. The highest BCUT2D eigenvalue weighted by atomic mass is 16.2. The molecule has 0 radical (unpaired) electrons. The second-order valence-corrected chi connectivity index (χ2v) is 5.41. The van der Waals surface area contributed by atoms with Gasteiger partial charge in [-0.15, -0.1) is 0 Å². The van der Waals surface area contributed by atoms with Crippen LogP contribution in [-0.4, -0.2) is 43.0 Å². The van der Waals surface area contributed by atoms with Gasteiger partial charge in [-0.25, -0.2) is 4.79 Å². The first-order chi connectivity index (χ1) is 6.91. The number of hydrogen-bond donors (Lipinski definition) is 0. The molecule has 0 aromatic heterocycles. The van der Waals surface area contributed by atoms with E-state index >= 15 is 0 Å². The Morgan fingerprint density at radius 3 is 2.20 bits per heavy atom. The number of carbonyl (C=O) groups is 1. The van der Waals surface area contributed by atoms with E-state index in [1.807, 2.05) is 26.0 Å². The number of rotatable bonds is 3. The highest BCUT2D eigenvalue weighted by Gasteiger charge is 2.34. The van der Waals surface area contributed by atoms with E-state index in [2.05, 4.69) is 13.8 Å². The molecule has 0 aromatic rings. The van der Waals surface area contributed by atoms with Gasteiger partial charge in [-0.2, -0.15) is 0 Å². The zero-order chi connectivity index (χ0) is 11.6. The summed E-state index contributed by atoms with van der Waals surface area (Å²) in [4.78, 5) is 15.2. The van der Waals surface area contributed by atoms with E-state index in [0.29, 0.717) is 6.04 Å². The molecule has 88 valence electrons. The number of carbonyl (C=O) groups excluding carboxylic acids is 1. The molecule has 2 amide bonds. The van der Waals surface area contributed by atoms with Crippen LogP contribution in [0.5, 0.6) is 0 Å². The van der Waals surface area contributed by atoms with Gasteiger partial charge in [0.15, 0.2) is 0 Å². The predicted molar refractivity (Wildman–Crippen MR) is 62.8 cm³/mol. The molecule has 1 fully saturated rings. The molecule has 0 N–H and O–H groups in total. The van der Waals surface area contributed by atoms with Crippen molar-refractivity contribution in [1.29, 1.82) is 0 Å². The van der Waals surface area contributed by atoms with Crippen molar-refractivity contribution in [2.24, 2.45) is 11.8 Å². The molecule has 0 bridgehead atoms. The number of amides is 2. The second-order valence-electron chi connectivity index (χ2n) is 5.41. The van der Waals surface area contributed by atoms with Gasteiger partial charge in [-0.1, -0.05) is 13.8 Å². The third-order valence-electron chi connectivity index (χ3n) is 3.25. The molecule has 3 heteroatoms. The van der Waals surface area contributed by atoms with Crippen molar-refractivity contribution in [3.63, 3.8) is 0 Å². The average molecular weight is 212 g/mol. The minimum Gasteiger partial charge on any atom is -0.331 e. The quantitative estimate of drug-likeness (QED) is 0.705. The Labute approximate surface area is 93.4 Å². The summed E-state index contributed by atoms with van der Waals surface area (Å²) in [5.74, 6) is 1.62. The largest absolute Gasteiger partial charge is 0.331 e. The van der Waals surface area contributed by atoms with Gasteiger partial charge < -0.3 is 9.80 Å². The van der Waals surface area contributed by atoms with Crippen LogP contribution in [0.1, 0.15) is 33.1 Å². The van der Waals surface area contributed by atoms with Crippen molar-refractivity contribution in [2.75, 3.05) is 21.1 Å². The maximum atomic E-state index is 11.7. The lowest BCUT2D eigenvalue weighted by Crippen LogP contribution is -2.49. The maximum Gasteiger partial charge on any atom is 0.319 e. The molecule has 0 saturated heterocycles. The summed E-state index contributed by atoms with van der Waals surface area (Å²) in [7, 11) is 5.53. The minimum absolute atomic E-state index is 0.128. The van der Waals surface area contributed by atoms with E-state index in [0.717, 1.165) is 11.8 Å². The summed E-state index contributed by atoms with van der Waals surface area (Å²) in [5.41, 5.74) is 0. The minimum atomic E-state index is 0.128. The molecule has 1 rings (SSSR count). The number of hydrogen-bond acceptors (Lipinski definition) is 1. The molecular weight excluding hydrogens is 188 g/mol. The molecule has 0 heterocycles. The zero-order valence-electron chi connectivity index (χ0n) is 10.7. The van der Waals surface area contributed by atoms with Gasteiger partial charge in [0, 0.05) is 27.2 Å². The fourth-order valence-electron chi connectivity index (χ4n) is 2.35. The number of urea groups is 1. The first-order valence-corrected chi connectivity index (χ1v) is 5.86. The first kappa shape index (κ1) is 12.3. The van der Waals surface area contributed by atoms with E-state index in [1.165, 1.54) is 19.3 Å². The van der Waals surface area contributed by atoms with Crippen molar-refractivity contribution < 1.29 is 4.79 Å². The van der Waals surface area contributed by atoms with Gasteiger partial charge in [0.25, 0.3) is 0 Å². The van der Waals surface area contributed by atoms with Crippen LogP contribution in [0.3, 0.4) is 0 Å². The normalized spacial score (nSPS) is 24.9.